The fourth-order valence-corrected chi connectivity index (χ4v) is 1.65. The largest absolute Gasteiger partial charge is 0.480 e. The first-order valence-corrected chi connectivity index (χ1v) is 5.77. The summed E-state index contributed by atoms with van der Waals surface area (Å²) in [5, 5.41) is 8.59. The van der Waals surface area contributed by atoms with Crippen molar-refractivity contribution in [1.29, 1.82) is 0 Å². The van der Waals surface area contributed by atoms with E-state index in [1.54, 1.807) is 0 Å². The monoisotopic (exact) mass is 250 g/mol. The topological polar surface area (TPSA) is 83.6 Å². The zero-order valence-corrected chi connectivity index (χ0v) is 10.4. The van der Waals surface area contributed by atoms with Gasteiger partial charge >= 0.3 is 5.97 Å². The molecule has 98 valence electrons. The van der Waals surface area contributed by atoms with E-state index in [9.17, 15) is 9.59 Å². The predicted octanol–water partition coefficient (Wildman–Crippen LogP) is 0.490. The molecule has 0 bridgehead atoms. The van der Waals surface area contributed by atoms with E-state index in [1.807, 2.05) is 30.3 Å². The van der Waals surface area contributed by atoms with Crippen molar-refractivity contribution in [3.63, 3.8) is 0 Å². The molecule has 1 amide bonds. The van der Waals surface area contributed by atoms with Crippen molar-refractivity contribution >= 4 is 11.9 Å². The smallest absolute Gasteiger partial charge is 0.323 e. The molecule has 5 nitrogen and oxygen atoms in total. The molecule has 0 aliphatic rings. The number of carbonyl (C=O) groups is 2. The molecule has 5 heteroatoms. The highest BCUT2D eigenvalue weighted by Gasteiger charge is 2.19. The summed E-state index contributed by atoms with van der Waals surface area (Å²) in [4.78, 5) is 23.4. The van der Waals surface area contributed by atoms with Crippen molar-refractivity contribution < 1.29 is 14.7 Å². The van der Waals surface area contributed by atoms with Gasteiger partial charge in [-0.25, -0.2) is 0 Å². The van der Waals surface area contributed by atoms with Crippen LogP contribution in [0.15, 0.2) is 30.3 Å². The van der Waals surface area contributed by atoms with Crippen LogP contribution in [0.4, 0.5) is 0 Å². The number of likely N-dealkylation sites (N-methyl/N-ethyl adjacent to an activating group) is 1. The number of nitrogens with zero attached hydrogens (tertiary/aromatic N) is 1. The average Bonchev–Trinajstić information content (AvgIpc) is 2.35. The number of nitrogens with two attached hydrogens (primary N) is 1. The third-order valence-corrected chi connectivity index (χ3v) is 2.65. The standard InChI is InChI=1S/C13H18N2O3/c1-15(9-12(16)17)13(18)11(14)8-7-10-5-3-2-4-6-10/h2-6,11H,7-9,14H2,1H3,(H,16,17)/t11-/m0/s1. The second-order valence-electron chi connectivity index (χ2n) is 4.22. The molecule has 0 aliphatic heterocycles. The van der Waals surface area contributed by atoms with Crippen LogP contribution in [0, 0.1) is 0 Å². The van der Waals surface area contributed by atoms with E-state index < -0.39 is 12.0 Å². The first-order valence-electron chi connectivity index (χ1n) is 5.77. The van der Waals surface area contributed by atoms with Crippen LogP contribution in [-0.2, 0) is 16.0 Å². The third kappa shape index (κ3) is 4.55. The Morgan fingerprint density at radius 1 is 1.33 bits per heavy atom. The number of aryl methyl sites for hydroxylation is 1. The van der Waals surface area contributed by atoms with Gasteiger partial charge in [0.25, 0.3) is 0 Å². The van der Waals surface area contributed by atoms with Crippen molar-refractivity contribution in [2.75, 3.05) is 13.6 Å². The molecule has 18 heavy (non-hydrogen) atoms. The highest BCUT2D eigenvalue weighted by molar-refractivity contribution is 5.84. The third-order valence-electron chi connectivity index (χ3n) is 2.65. The molecule has 1 atom stereocenters. The lowest BCUT2D eigenvalue weighted by atomic mass is 10.1. The van der Waals surface area contributed by atoms with Crippen LogP contribution in [0.2, 0.25) is 0 Å². The maximum atomic E-state index is 11.7. The number of amides is 1. The van der Waals surface area contributed by atoms with Gasteiger partial charge < -0.3 is 15.7 Å². The van der Waals surface area contributed by atoms with E-state index in [4.69, 9.17) is 10.8 Å². The molecule has 0 saturated heterocycles. The lowest BCUT2D eigenvalue weighted by Crippen LogP contribution is -2.43. The van der Waals surface area contributed by atoms with Crippen LogP contribution >= 0.6 is 0 Å². The zero-order valence-electron chi connectivity index (χ0n) is 10.4. The van der Waals surface area contributed by atoms with Gasteiger partial charge in [0.15, 0.2) is 0 Å². The summed E-state index contributed by atoms with van der Waals surface area (Å²) in [6.45, 7) is -0.322. The van der Waals surface area contributed by atoms with Crippen LogP contribution in [-0.4, -0.2) is 41.5 Å². The van der Waals surface area contributed by atoms with Gasteiger partial charge in [-0.1, -0.05) is 30.3 Å². The SMILES string of the molecule is CN(CC(=O)O)C(=O)[C@@H](N)CCc1ccccc1. The van der Waals surface area contributed by atoms with Gasteiger partial charge in [0.2, 0.25) is 5.91 Å². The van der Waals surface area contributed by atoms with E-state index >= 15 is 0 Å². The Morgan fingerprint density at radius 2 is 1.94 bits per heavy atom. The van der Waals surface area contributed by atoms with Crippen molar-refractivity contribution in [3.8, 4) is 0 Å². The van der Waals surface area contributed by atoms with Gasteiger partial charge in [0, 0.05) is 7.05 Å². The van der Waals surface area contributed by atoms with Gasteiger partial charge in [-0.2, -0.15) is 0 Å². The highest BCUT2D eigenvalue weighted by atomic mass is 16.4. The van der Waals surface area contributed by atoms with Crippen molar-refractivity contribution in [3.05, 3.63) is 35.9 Å². The minimum absolute atomic E-state index is 0.322. The summed E-state index contributed by atoms with van der Waals surface area (Å²) in [6, 6.07) is 9.07. The summed E-state index contributed by atoms with van der Waals surface area (Å²) in [5.41, 5.74) is 6.87. The molecule has 1 aromatic carbocycles. The fraction of sp³-hybridized carbons (Fsp3) is 0.385. The number of benzene rings is 1. The number of aliphatic carboxylic acids is 1. The first kappa shape index (κ1) is 14.2. The van der Waals surface area contributed by atoms with E-state index in [2.05, 4.69) is 0 Å². The zero-order chi connectivity index (χ0) is 13.5. The molecule has 1 aromatic rings. The Bertz CT molecular complexity index is 406. The van der Waals surface area contributed by atoms with Crippen LogP contribution in [0.1, 0.15) is 12.0 Å². The lowest BCUT2D eigenvalue weighted by Gasteiger charge is -2.19. The van der Waals surface area contributed by atoms with Gasteiger partial charge in [0.1, 0.15) is 6.54 Å². The molecule has 3 N–H and O–H groups in total. The van der Waals surface area contributed by atoms with Crippen LogP contribution < -0.4 is 5.73 Å². The molecule has 0 radical (unpaired) electrons. The number of hydrogen-bond donors (Lipinski definition) is 2. The Morgan fingerprint density at radius 3 is 2.50 bits per heavy atom. The highest BCUT2D eigenvalue weighted by Crippen LogP contribution is 2.05. The van der Waals surface area contributed by atoms with E-state index in [0.29, 0.717) is 12.8 Å². The quantitative estimate of drug-likeness (QED) is 0.769. The molecular formula is C13H18N2O3. The molecule has 0 aliphatic carbocycles. The fourth-order valence-electron chi connectivity index (χ4n) is 1.65. The van der Waals surface area contributed by atoms with E-state index in [0.717, 1.165) is 10.5 Å². The number of hydrogen-bond acceptors (Lipinski definition) is 3. The van der Waals surface area contributed by atoms with Gasteiger partial charge in [0.05, 0.1) is 6.04 Å². The number of carboxylic acid groups (broad SMARTS) is 1. The summed E-state index contributed by atoms with van der Waals surface area (Å²) >= 11 is 0. The van der Waals surface area contributed by atoms with Crippen molar-refractivity contribution in [2.24, 2.45) is 5.73 Å². The van der Waals surface area contributed by atoms with Gasteiger partial charge in [-0.3, -0.25) is 9.59 Å². The van der Waals surface area contributed by atoms with Crippen LogP contribution in [0.5, 0.6) is 0 Å². The molecule has 0 unspecified atom stereocenters. The number of carbonyl (C=O) groups excluding carboxylic acids is 1. The molecule has 0 fully saturated rings. The van der Waals surface area contributed by atoms with Gasteiger partial charge in [-0.15, -0.1) is 0 Å². The molecule has 0 spiro atoms. The summed E-state index contributed by atoms with van der Waals surface area (Å²) in [6.07, 6.45) is 1.21. The van der Waals surface area contributed by atoms with Gasteiger partial charge in [-0.05, 0) is 18.4 Å². The van der Waals surface area contributed by atoms with E-state index in [-0.39, 0.29) is 12.5 Å². The number of carboxylic acids is 1. The minimum Gasteiger partial charge on any atom is -0.480 e. The first-order chi connectivity index (χ1) is 8.50. The molecule has 0 aromatic heterocycles. The summed E-state index contributed by atoms with van der Waals surface area (Å²) in [7, 11) is 1.44. The Kier molecular flexibility index (Phi) is 5.32. The van der Waals surface area contributed by atoms with Crippen LogP contribution in [0.3, 0.4) is 0 Å². The van der Waals surface area contributed by atoms with Crippen LogP contribution in [0.25, 0.3) is 0 Å². The Labute approximate surface area is 106 Å². The summed E-state index contributed by atoms with van der Waals surface area (Å²) in [5.74, 6) is -1.38. The van der Waals surface area contributed by atoms with Crippen molar-refractivity contribution in [1.82, 2.24) is 4.90 Å². The maximum absolute atomic E-state index is 11.7. The van der Waals surface area contributed by atoms with E-state index in [1.165, 1.54) is 7.05 Å². The van der Waals surface area contributed by atoms with Crippen molar-refractivity contribution in [2.45, 2.75) is 18.9 Å². The molecule has 0 heterocycles. The molecule has 1 rings (SSSR count). The predicted molar refractivity (Wildman–Crippen MR) is 68.0 cm³/mol. The second-order valence-corrected chi connectivity index (χ2v) is 4.22. The lowest BCUT2D eigenvalue weighted by molar-refractivity contribution is -0.144. The molecule has 0 saturated carbocycles. The summed E-state index contributed by atoms with van der Waals surface area (Å²) < 4.78 is 0. The average molecular weight is 250 g/mol. The second kappa shape index (κ2) is 6.76. The number of rotatable bonds is 6. The normalized spacial score (nSPS) is 11.9. The molecular weight excluding hydrogens is 232 g/mol. The minimum atomic E-state index is -1.04. The maximum Gasteiger partial charge on any atom is 0.323 e. The Hall–Kier alpha value is -1.88. The Balaban J connectivity index is 2.43.